The molecule has 0 spiro atoms. The number of likely N-dealkylation sites (tertiary alicyclic amines) is 1. The molecule has 20 heavy (non-hydrogen) atoms. The van der Waals surface area contributed by atoms with Gasteiger partial charge in [0.15, 0.2) is 0 Å². The number of aryl methyl sites for hydroxylation is 1. The highest BCUT2D eigenvalue weighted by Gasteiger charge is 2.29. The SMILES string of the molecule is CCOC(=O)[C@@H]1CCCN(C(=O)c2cccc(C)c2)C1. The van der Waals surface area contributed by atoms with Gasteiger partial charge in [0, 0.05) is 18.7 Å². The summed E-state index contributed by atoms with van der Waals surface area (Å²) in [4.78, 5) is 26.0. The topological polar surface area (TPSA) is 46.6 Å². The van der Waals surface area contributed by atoms with Crippen molar-refractivity contribution in [3.8, 4) is 0 Å². The van der Waals surface area contributed by atoms with E-state index in [-0.39, 0.29) is 17.8 Å². The summed E-state index contributed by atoms with van der Waals surface area (Å²) in [7, 11) is 0. The Balaban J connectivity index is 2.05. The van der Waals surface area contributed by atoms with E-state index in [1.165, 1.54) is 0 Å². The van der Waals surface area contributed by atoms with Gasteiger partial charge in [-0.25, -0.2) is 0 Å². The van der Waals surface area contributed by atoms with Gasteiger partial charge in [-0.3, -0.25) is 9.59 Å². The molecule has 4 nitrogen and oxygen atoms in total. The second-order valence-electron chi connectivity index (χ2n) is 5.21. The van der Waals surface area contributed by atoms with Gasteiger partial charge in [0.1, 0.15) is 0 Å². The van der Waals surface area contributed by atoms with Gasteiger partial charge >= 0.3 is 5.97 Å². The molecule has 1 aromatic carbocycles. The maximum atomic E-state index is 12.5. The molecule has 108 valence electrons. The summed E-state index contributed by atoms with van der Waals surface area (Å²) in [5.74, 6) is -0.366. The van der Waals surface area contributed by atoms with Crippen molar-refractivity contribution < 1.29 is 14.3 Å². The molecule has 0 unspecified atom stereocenters. The average Bonchev–Trinajstić information content (AvgIpc) is 2.47. The molecule has 1 aliphatic rings. The summed E-state index contributed by atoms with van der Waals surface area (Å²) in [6.07, 6.45) is 1.65. The van der Waals surface area contributed by atoms with Crippen molar-refractivity contribution in [1.29, 1.82) is 0 Å². The van der Waals surface area contributed by atoms with Crippen molar-refractivity contribution in [2.24, 2.45) is 5.92 Å². The zero-order valence-electron chi connectivity index (χ0n) is 12.1. The molecule has 1 amide bonds. The lowest BCUT2D eigenvalue weighted by atomic mass is 9.97. The van der Waals surface area contributed by atoms with Gasteiger partial charge in [0.25, 0.3) is 5.91 Å². The number of esters is 1. The fourth-order valence-corrected chi connectivity index (χ4v) is 2.57. The van der Waals surface area contributed by atoms with E-state index in [1.54, 1.807) is 11.8 Å². The number of ether oxygens (including phenoxy) is 1. The van der Waals surface area contributed by atoms with E-state index in [4.69, 9.17) is 4.74 Å². The summed E-state index contributed by atoms with van der Waals surface area (Å²) in [6.45, 7) is 5.33. The standard InChI is InChI=1S/C16H21NO3/c1-3-20-16(19)14-8-5-9-17(11-14)15(18)13-7-4-6-12(2)10-13/h4,6-7,10,14H,3,5,8-9,11H2,1-2H3/t14-/m1/s1. The van der Waals surface area contributed by atoms with E-state index >= 15 is 0 Å². The van der Waals surface area contributed by atoms with Gasteiger partial charge in [0.2, 0.25) is 0 Å². The highest BCUT2D eigenvalue weighted by Crippen LogP contribution is 2.20. The summed E-state index contributed by atoms with van der Waals surface area (Å²) < 4.78 is 5.06. The maximum Gasteiger partial charge on any atom is 0.310 e. The van der Waals surface area contributed by atoms with Crippen LogP contribution in [0.1, 0.15) is 35.7 Å². The van der Waals surface area contributed by atoms with Crippen LogP contribution in [0.5, 0.6) is 0 Å². The zero-order chi connectivity index (χ0) is 14.5. The Morgan fingerprint density at radius 1 is 1.40 bits per heavy atom. The van der Waals surface area contributed by atoms with Crippen LogP contribution in [0.15, 0.2) is 24.3 Å². The molecular formula is C16H21NO3. The quantitative estimate of drug-likeness (QED) is 0.796. The molecule has 1 aromatic rings. The van der Waals surface area contributed by atoms with Gasteiger partial charge in [-0.2, -0.15) is 0 Å². The van der Waals surface area contributed by atoms with Crippen molar-refractivity contribution in [3.05, 3.63) is 35.4 Å². The molecule has 0 N–H and O–H groups in total. The van der Waals surface area contributed by atoms with Crippen LogP contribution in [0.3, 0.4) is 0 Å². The summed E-state index contributed by atoms with van der Waals surface area (Å²) in [5.41, 5.74) is 1.75. The Labute approximate surface area is 119 Å². The van der Waals surface area contributed by atoms with Crippen molar-refractivity contribution in [2.75, 3.05) is 19.7 Å². The van der Waals surface area contributed by atoms with Crippen LogP contribution in [-0.2, 0) is 9.53 Å². The largest absolute Gasteiger partial charge is 0.466 e. The molecule has 1 heterocycles. The molecule has 1 atom stereocenters. The van der Waals surface area contributed by atoms with Crippen LogP contribution in [0.4, 0.5) is 0 Å². The van der Waals surface area contributed by atoms with Gasteiger partial charge in [0.05, 0.1) is 12.5 Å². The Kier molecular flexibility index (Phi) is 4.77. The second-order valence-corrected chi connectivity index (χ2v) is 5.21. The minimum absolute atomic E-state index is 0.00250. The Morgan fingerprint density at radius 3 is 2.90 bits per heavy atom. The van der Waals surface area contributed by atoms with E-state index in [1.807, 2.05) is 31.2 Å². The molecular weight excluding hydrogens is 254 g/mol. The lowest BCUT2D eigenvalue weighted by Gasteiger charge is -2.31. The van der Waals surface area contributed by atoms with Gasteiger partial charge in [-0.1, -0.05) is 17.7 Å². The van der Waals surface area contributed by atoms with Crippen LogP contribution in [0.25, 0.3) is 0 Å². The number of amides is 1. The number of hydrogen-bond acceptors (Lipinski definition) is 3. The number of rotatable bonds is 3. The molecule has 0 aliphatic carbocycles. The molecule has 0 saturated carbocycles. The molecule has 1 saturated heterocycles. The monoisotopic (exact) mass is 275 g/mol. The van der Waals surface area contributed by atoms with Crippen molar-refractivity contribution in [2.45, 2.75) is 26.7 Å². The first-order valence-electron chi connectivity index (χ1n) is 7.14. The number of hydrogen-bond donors (Lipinski definition) is 0. The predicted molar refractivity (Wildman–Crippen MR) is 76.4 cm³/mol. The summed E-state index contributed by atoms with van der Waals surface area (Å²) in [6, 6.07) is 7.56. The van der Waals surface area contributed by atoms with Crippen molar-refractivity contribution >= 4 is 11.9 Å². The Hall–Kier alpha value is -1.84. The minimum Gasteiger partial charge on any atom is -0.466 e. The van der Waals surface area contributed by atoms with E-state index in [2.05, 4.69) is 0 Å². The molecule has 0 bridgehead atoms. The Morgan fingerprint density at radius 2 is 2.20 bits per heavy atom. The van der Waals surface area contributed by atoms with Crippen molar-refractivity contribution in [1.82, 2.24) is 4.90 Å². The van der Waals surface area contributed by atoms with Gasteiger partial charge < -0.3 is 9.64 Å². The summed E-state index contributed by atoms with van der Waals surface area (Å²) in [5, 5.41) is 0. The van der Waals surface area contributed by atoms with Crippen LogP contribution in [0, 0.1) is 12.8 Å². The number of carbonyl (C=O) groups excluding carboxylic acids is 2. The lowest BCUT2D eigenvalue weighted by molar-refractivity contribution is -0.149. The molecule has 2 rings (SSSR count). The van der Waals surface area contributed by atoms with E-state index in [9.17, 15) is 9.59 Å². The third kappa shape index (κ3) is 3.38. The second kappa shape index (κ2) is 6.55. The highest BCUT2D eigenvalue weighted by atomic mass is 16.5. The smallest absolute Gasteiger partial charge is 0.310 e. The first-order chi connectivity index (χ1) is 9.61. The summed E-state index contributed by atoms with van der Waals surface area (Å²) >= 11 is 0. The molecule has 1 fully saturated rings. The normalized spacial score (nSPS) is 18.7. The Bertz CT molecular complexity index is 498. The van der Waals surface area contributed by atoms with Gasteiger partial charge in [-0.15, -0.1) is 0 Å². The number of carbonyl (C=O) groups is 2. The fraction of sp³-hybridized carbons (Fsp3) is 0.500. The third-order valence-corrected chi connectivity index (χ3v) is 3.59. The van der Waals surface area contributed by atoms with Crippen molar-refractivity contribution in [3.63, 3.8) is 0 Å². The molecule has 0 aromatic heterocycles. The number of nitrogens with zero attached hydrogens (tertiary/aromatic N) is 1. The molecule has 4 heteroatoms. The highest BCUT2D eigenvalue weighted by molar-refractivity contribution is 5.94. The number of piperidine rings is 1. The first kappa shape index (κ1) is 14.6. The predicted octanol–water partition coefficient (Wildman–Crippen LogP) is 2.41. The van der Waals surface area contributed by atoms with Gasteiger partial charge in [-0.05, 0) is 38.8 Å². The third-order valence-electron chi connectivity index (χ3n) is 3.59. The van der Waals surface area contributed by atoms with Crippen LogP contribution >= 0.6 is 0 Å². The van der Waals surface area contributed by atoms with E-state index < -0.39 is 0 Å². The fourth-order valence-electron chi connectivity index (χ4n) is 2.57. The molecule has 1 aliphatic heterocycles. The maximum absolute atomic E-state index is 12.5. The van der Waals surface area contributed by atoms with Crippen LogP contribution < -0.4 is 0 Å². The van der Waals surface area contributed by atoms with Crippen LogP contribution in [-0.4, -0.2) is 36.5 Å². The minimum atomic E-state index is -0.186. The zero-order valence-corrected chi connectivity index (χ0v) is 12.1. The van der Waals surface area contributed by atoms with Crippen LogP contribution in [0.2, 0.25) is 0 Å². The first-order valence-corrected chi connectivity index (χ1v) is 7.14. The average molecular weight is 275 g/mol. The molecule has 0 radical (unpaired) electrons. The van der Waals surface area contributed by atoms with E-state index in [0.29, 0.717) is 25.3 Å². The van der Waals surface area contributed by atoms with E-state index in [0.717, 1.165) is 18.4 Å². The lowest BCUT2D eigenvalue weighted by Crippen LogP contribution is -2.42. The number of benzene rings is 1.